The molecule has 0 N–H and O–H groups in total. The first-order valence-electron chi connectivity index (χ1n) is 11.8. The number of fused-ring (bicyclic) bond motifs is 5. The summed E-state index contributed by atoms with van der Waals surface area (Å²) in [5.74, 6) is 0.105. The van der Waals surface area contributed by atoms with Crippen LogP contribution in [0.15, 0.2) is 48.5 Å². The average Bonchev–Trinajstić information content (AvgIpc) is 3.46. The van der Waals surface area contributed by atoms with Gasteiger partial charge in [0, 0.05) is 15.3 Å². The molecule has 4 aromatic rings. The first-order valence-corrected chi connectivity index (χ1v) is 13.0. The van der Waals surface area contributed by atoms with Gasteiger partial charge < -0.3 is 14.0 Å². The van der Waals surface area contributed by atoms with Crippen molar-refractivity contribution >= 4 is 46.4 Å². The maximum atomic E-state index is 15.8. The minimum atomic E-state index is -0.679. The molecule has 0 radical (unpaired) electrons. The summed E-state index contributed by atoms with van der Waals surface area (Å²) < 4.78 is 36.8. The second-order valence-electron chi connectivity index (χ2n) is 10.2. The van der Waals surface area contributed by atoms with Gasteiger partial charge in [-0.15, -0.1) is 11.3 Å². The first kappa shape index (κ1) is 23.1. The standard InChI is InChI=1S/C27H26BClFNO3S/c1-6-18-8-10-23(35-18)25-31-20-9-7-17(29)11-15(20)12-21(31)24-19(30)13-16(14-22(24)32-25)28-33-26(2,3)27(4,5)34-28/h7-14,25H,6H2,1-5H3. The molecule has 6 rings (SSSR count). The van der Waals surface area contributed by atoms with Crippen LogP contribution < -0.4 is 10.2 Å². The van der Waals surface area contributed by atoms with Gasteiger partial charge in [0.05, 0.1) is 32.9 Å². The second-order valence-corrected chi connectivity index (χ2v) is 11.8. The van der Waals surface area contributed by atoms with Crippen molar-refractivity contribution in [2.45, 2.75) is 58.5 Å². The predicted octanol–water partition coefficient (Wildman–Crippen LogP) is 6.96. The zero-order valence-electron chi connectivity index (χ0n) is 20.3. The molecule has 180 valence electrons. The molecule has 2 aliphatic rings. The minimum Gasteiger partial charge on any atom is -0.464 e. The van der Waals surface area contributed by atoms with E-state index < -0.39 is 24.5 Å². The van der Waals surface area contributed by atoms with Crippen LogP contribution in [0.3, 0.4) is 0 Å². The van der Waals surface area contributed by atoms with E-state index in [1.807, 2.05) is 58.0 Å². The molecule has 2 aromatic heterocycles. The highest BCUT2D eigenvalue weighted by Crippen LogP contribution is 2.47. The number of hydrogen-bond acceptors (Lipinski definition) is 4. The molecule has 4 heterocycles. The zero-order chi connectivity index (χ0) is 24.7. The van der Waals surface area contributed by atoms with Gasteiger partial charge in [0.1, 0.15) is 11.6 Å². The lowest BCUT2D eigenvalue weighted by molar-refractivity contribution is 0.00578. The monoisotopic (exact) mass is 509 g/mol. The topological polar surface area (TPSA) is 32.6 Å². The summed E-state index contributed by atoms with van der Waals surface area (Å²) in [5, 5.41) is 1.58. The Balaban J connectivity index is 1.53. The summed E-state index contributed by atoms with van der Waals surface area (Å²) in [5.41, 5.74) is 1.70. The number of ether oxygens (including phenoxy) is 1. The van der Waals surface area contributed by atoms with Crippen molar-refractivity contribution < 1.29 is 18.4 Å². The Morgan fingerprint density at radius 3 is 2.46 bits per heavy atom. The van der Waals surface area contributed by atoms with Crippen LogP contribution in [0.25, 0.3) is 22.2 Å². The molecule has 35 heavy (non-hydrogen) atoms. The summed E-state index contributed by atoms with van der Waals surface area (Å²) in [7, 11) is -0.679. The quantitative estimate of drug-likeness (QED) is 0.280. The fourth-order valence-corrected chi connectivity index (χ4v) is 5.94. The molecule has 4 nitrogen and oxygen atoms in total. The summed E-state index contributed by atoms with van der Waals surface area (Å²) in [6.45, 7) is 10.1. The van der Waals surface area contributed by atoms with Gasteiger partial charge in [-0.1, -0.05) is 18.5 Å². The largest absolute Gasteiger partial charge is 0.495 e. The van der Waals surface area contributed by atoms with E-state index in [-0.39, 0.29) is 5.82 Å². The number of aryl methyl sites for hydroxylation is 1. The van der Waals surface area contributed by atoms with E-state index in [1.54, 1.807) is 11.3 Å². The Morgan fingerprint density at radius 1 is 1.03 bits per heavy atom. The van der Waals surface area contributed by atoms with Gasteiger partial charge in [0.25, 0.3) is 0 Å². The van der Waals surface area contributed by atoms with Crippen molar-refractivity contribution in [2.75, 3.05) is 0 Å². The smallest absolute Gasteiger partial charge is 0.464 e. The summed E-state index contributed by atoms with van der Waals surface area (Å²) in [6, 6.07) is 15.3. The molecule has 0 aliphatic carbocycles. The maximum absolute atomic E-state index is 15.8. The molecule has 0 spiro atoms. The number of hydrogen-bond donors (Lipinski definition) is 0. The lowest BCUT2D eigenvalue weighted by Crippen LogP contribution is -2.41. The fourth-order valence-electron chi connectivity index (χ4n) is 4.79. The molecular formula is C27H26BClFNO3S. The minimum absolute atomic E-state index is 0.374. The molecular weight excluding hydrogens is 484 g/mol. The number of thiophene rings is 1. The van der Waals surface area contributed by atoms with Crippen LogP contribution in [-0.2, 0) is 15.7 Å². The Labute approximate surface area is 213 Å². The van der Waals surface area contributed by atoms with Crippen molar-refractivity contribution in [1.29, 1.82) is 0 Å². The van der Waals surface area contributed by atoms with Crippen LogP contribution in [0.2, 0.25) is 5.02 Å². The molecule has 1 unspecified atom stereocenters. The summed E-state index contributed by atoms with van der Waals surface area (Å²) >= 11 is 8.00. The van der Waals surface area contributed by atoms with Gasteiger partial charge in [-0.25, -0.2) is 4.39 Å². The molecule has 8 heteroatoms. The zero-order valence-corrected chi connectivity index (χ0v) is 21.9. The van der Waals surface area contributed by atoms with Gasteiger partial charge in [-0.2, -0.15) is 0 Å². The van der Waals surface area contributed by atoms with Crippen LogP contribution in [0.5, 0.6) is 5.75 Å². The second kappa shape index (κ2) is 7.84. The SMILES string of the molecule is CCc1ccc(C2Oc3cc(B4OC(C)(C)C(C)(C)O4)cc(F)c3-c3cc4cc(Cl)ccc4n32)s1. The van der Waals surface area contributed by atoms with Crippen LogP contribution in [0.1, 0.15) is 50.6 Å². The number of nitrogens with zero attached hydrogens (tertiary/aromatic N) is 1. The molecule has 2 aromatic carbocycles. The van der Waals surface area contributed by atoms with E-state index >= 15 is 4.39 Å². The van der Waals surface area contributed by atoms with E-state index in [9.17, 15) is 0 Å². The molecule has 0 amide bonds. The van der Waals surface area contributed by atoms with Crippen LogP contribution >= 0.6 is 22.9 Å². The van der Waals surface area contributed by atoms with Crippen molar-refractivity contribution in [2.24, 2.45) is 0 Å². The highest BCUT2D eigenvalue weighted by atomic mass is 35.5. The van der Waals surface area contributed by atoms with Crippen molar-refractivity contribution in [3.63, 3.8) is 0 Å². The average molecular weight is 510 g/mol. The normalized spacial score (nSPS) is 20.1. The summed E-state index contributed by atoms with van der Waals surface area (Å²) in [4.78, 5) is 2.33. The molecule has 1 atom stereocenters. The lowest BCUT2D eigenvalue weighted by atomic mass is 9.78. The third-order valence-corrected chi connectivity index (χ3v) is 8.90. The van der Waals surface area contributed by atoms with Gasteiger partial charge in [0.2, 0.25) is 6.23 Å². The highest BCUT2D eigenvalue weighted by Gasteiger charge is 2.52. The maximum Gasteiger partial charge on any atom is 0.495 e. The van der Waals surface area contributed by atoms with Crippen molar-refractivity contribution in [1.82, 2.24) is 4.57 Å². The van der Waals surface area contributed by atoms with Crippen LogP contribution in [-0.4, -0.2) is 22.9 Å². The fraction of sp³-hybridized carbons (Fsp3) is 0.333. The van der Waals surface area contributed by atoms with E-state index in [4.69, 9.17) is 25.6 Å². The molecule has 1 fully saturated rings. The predicted molar refractivity (Wildman–Crippen MR) is 141 cm³/mol. The van der Waals surface area contributed by atoms with Crippen LogP contribution in [0.4, 0.5) is 4.39 Å². The number of halogens is 2. The molecule has 0 saturated carbocycles. The van der Waals surface area contributed by atoms with Gasteiger partial charge in [-0.05, 0) is 88.1 Å². The number of rotatable bonds is 3. The molecule has 2 aliphatic heterocycles. The van der Waals surface area contributed by atoms with Gasteiger partial charge in [-0.3, -0.25) is 4.57 Å². The van der Waals surface area contributed by atoms with Gasteiger partial charge in [0.15, 0.2) is 0 Å². The first-order chi connectivity index (χ1) is 16.6. The molecule has 0 bridgehead atoms. The third-order valence-electron chi connectivity index (χ3n) is 7.41. The Bertz CT molecular complexity index is 1460. The lowest BCUT2D eigenvalue weighted by Gasteiger charge is -2.32. The number of aromatic nitrogens is 1. The van der Waals surface area contributed by atoms with E-state index in [0.29, 0.717) is 21.8 Å². The number of benzene rings is 2. The Hall–Kier alpha value is -2.32. The molecule has 1 saturated heterocycles. The third kappa shape index (κ3) is 3.55. The van der Waals surface area contributed by atoms with Crippen molar-refractivity contribution in [3.05, 3.63) is 69.1 Å². The Kier molecular flexibility index (Phi) is 5.18. The van der Waals surface area contributed by atoms with Crippen LogP contribution in [0, 0.1) is 5.82 Å². The van der Waals surface area contributed by atoms with Crippen molar-refractivity contribution in [3.8, 4) is 17.0 Å². The summed E-state index contributed by atoms with van der Waals surface area (Å²) in [6.07, 6.45) is 0.526. The van der Waals surface area contributed by atoms with E-state index in [0.717, 1.165) is 27.9 Å². The van der Waals surface area contributed by atoms with E-state index in [2.05, 4.69) is 23.6 Å². The highest BCUT2D eigenvalue weighted by molar-refractivity contribution is 7.12. The van der Waals surface area contributed by atoms with E-state index in [1.165, 1.54) is 10.9 Å². The van der Waals surface area contributed by atoms with Gasteiger partial charge >= 0.3 is 7.12 Å². The Morgan fingerprint density at radius 2 is 1.77 bits per heavy atom.